The molecule has 4 heteroatoms. The van der Waals surface area contributed by atoms with Crippen LogP contribution in [0.4, 0.5) is 0 Å². The van der Waals surface area contributed by atoms with Crippen molar-refractivity contribution in [3.05, 3.63) is 33.8 Å². The maximum absolute atomic E-state index is 3.61. The van der Waals surface area contributed by atoms with Gasteiger partial charge in [0.25, 0.3) is 0 Å². The minimum absolute atomic E-state index is 0. The zero-order valence-electron chi connectivity index (χ0n) is 8.72. The molecule has 1 aliphatic heterocycles. The van der Waals surface area contributed by atoms with E-state index in [0.717, 1.165) is 19.6 Å². The van der Waals surface area contributed by atoms with E-state index in [-0.39, 0.29) is 12.4 Å². The standard InChI is InChI=1S/C11H15BrN2.ClH/c1-8-2-3-9(10(12)6-8)11-7-13-4-5-14-11;/h2-3,6,11,13-14H,4-5,7H2,1H3;1H/t11-;/m1./s1. The zero-order chi connectivity index (χ0) is 9.97. The minimum Gasteiger partial charge on any atom is -0.314 e. The summed E-state index contributed by atoms with van der Waals surface area (Å²) in [7, 11) is 0. The summed E-state index contributed by atoms with van der Waals surface area (Å²) in [6.45, 7) is 5.24. The smallest absolute Gasteiger partial charge is 0.0458 e. The maximum atomic E-state index is 3.61. The molecule has 0 saturated carbocycles. The molecule has 15 heavy (non-hydrogen) atoms. The van der Waals surface area contributed by atoms with Gasteiger partial charge in [0, 0.05) is 30.1 Å². The lowest BCUT2D eigenvalue weighted by Crippen LogP contribution is -2.42. The topological polar surface area (TPSA) is 24.1 Å². The molecule has 1 fully saturated rings. The summed E-state index contributed by atoms with van der Waals surface area (Å²) in [5, 5.41) is 6.89. The highest BCUT2D eigenvalue weighted by Gasteiger charge is 2.16. The minimum atomic E-state index is 0. The highest BCUT2D eigenvalue weighted by Crippen LogP contribution is 2.24. The molecule has 2 N–H and O–H groups in total. The summed E-state index contributed by atoms with van der Waals surface area (Å²) in [4.78, 5) is 0. The number of benzene rings is 1. The van der Waals surface area contributed by atoms with E-state index in [4.69, 9.17) is 0 Å². The molecule has 0 aromatic heterocycles. The van der Waals surface area contributed by atoms with Gasteiger partial charge < -0.3 is 10.6 Å². The highest BCUT2D eigenvalue weighted by molar-refractivity contribution is 9.10. The van der Waals surface area contributed by atoms with Crippen molar-refractivity contribution in [1.29, 1.82) is 0 Å². The van der Waals surface area contributed by atoms with Crippen LogP contribution in [0.25, 0.3) is 0 Å². The monoisotopic (exact) mass is 290 g/mol. The van der Waals surface area contributed by atoms with E-state index < -0.39 is 0 Å². The highest BCUT2D eigenvalue weighted by atomic mass is 79.9. The van der Waals surface area contributed by atoms with Crippen molar-refractivity contribution in [2.24, 2.45) is 0 Å². The van der Waals surface area contributed by atoms with Gasteiger partial charge in [-0.25, -0.2) is 0 Å². The second-order valence-corrected chi connectivity index (χ2v) is 4.59. The summed E-state index contributed by atoms with van der Waals surface area (Å²) < 4.78 is 1.21. The largest absolute Gasteiger partial charge is 0.314 e. The number of piperazine rings is 1. The van der Waals surface area contributed by atoms with E-state index in [0.29, 0.717) is 6.04 Å². The molecule has 0 radical (unpaired) electrons. The van der Waals surface area contributed by atoms with Gasteiger partial charge in [-0.05, 0) is 24.1 Å². The molecular weight excluding hydrogens is 275 g/mol. The second-order valence-electron chi connectivity index (χ2n) is 3.74. The zero-order valence-corrected chi connectivity index (χ0v) is 11.1. The molecule has 1 saturated heterocycles. The fourth-order valence-corrected chi connectivity index (χ4v) is 2.56. The average Bonchev–Trinajstić information content (AvgIpc) is 2.19. The van der Waals surface area contributed by atoms with Crippen LogP contribution >= 0.6 is 28.3 Å². The number of hydrogen-bond donors (Lipinski definition) is 2. The van der Waals surface area contributed by atoms with Gasteiger partial charge in [0.2, 0.25) is 0 Å². The van der Waals surface area contributed by atoms with Crippen molar-refractivity contribution < 1.29 is 0 Å². The summed E-state index contributed by atoms with van der Waals surface area (Å²) >= 11 is 3.61. The Balaban J connectivity index is 0.00000112. The fourth-order valence-electron chi connectivity index (χ4n) is 1.79. The Bertz CT molecular complexity index is 324. The fraction of sp³-hybridized carbons (Fsp3) is 0.455. The van der Waals surface area contributed by atoms with Crippen LogP contribution in [0, 0.1) is 6.92 Å². The van der Waals surface area contributed by atoms with Crippen LogP contribution in [0.3, 0.4) is 0 Å². The van der Waals surface area contributed by atoms with Gasteiger partial charge in [0.1, 0.15) is 0 Å². The summed E-state index contributed by atoms with van der Waals surface area (Å²) in [6.07, 6.45) is 0. The maximum Gasteiger partial charge on any atom is 0.0458 e. The Kier molecular flexibility index (Phi) is 5.06. The van der Waals surface area contributed by atoms with E-state index >= 15 is 0 Å². The van der Waals surface area contributed by atoms with Crippen molar-refractivity contribution >= 4 is 28.3 Å². The molecule has 0 amide bonds. The third-order valence-corrected chi connectivity index (χ3v) is 3.26. The molecule has 84 valence electrons. The van der Waals surface area contributed by atoms with Crippen LogP contribution in [-0.2, 0) is 0 Å². The molecule has 1 aromatic rings. The lowest BCUT2D eigenvalue weighted by Gasteiger charge is -2.25. The molecule has 2 rings (SSSR count). The molecule has 1 aliphatic rings. The Morgan fingerprint density at radius 1 is 1.33 bits per heavy atom. The van der Waals surface area contributed by atoms with E-state index in [1.807, 2.05) is 0 Å². The molecule has 2 nitrogen and oxygen atoms in total. The first-order chi connectivity index (χ1) is 6.77. The predicted molar refractivity (Wildman–Crippen MR) is 69.7 cm³/mol. The molecule has 0 spiro atoms. The second kappa shape index (κ2) is 5.85. The number of halogens is 2. The van der Waals surface area contributed by atoms with E-state index in [9.17, 15) is 0 Å². The van der Waals surface area contributed by atoms with Gasteiger partial charge in [-0.2, -0.15) is 0 Å². The van der Waals surface area contributed by atoms with Crippen LogP contribution in [-0.4, -0.2) is 19.6 Å². The average molecular weight is 292 g/mol. The van der Waals surface area contributed by atoms with Crippen LogP contribution in [0.15, 0.2) is 22.7 Å². The lowest BCUT2D eigenvalue weighted by atomic mass is 10.0. The molecule has 1 atom stereocenters. The lowest BCUT2D eigenvalue weighted by molar-refractivity contribution is 0.429. The molecule has 0 bridgehead atoms. The molecule has 1 heterocycles. The number of nitrogens with one attached hydrogen (secondary N) is 2. The van der Waals surface area contributed by atoms with Gasteiger partial charge in [-0.15, -0.1) is 12.4 Å². The van der Waals surface area contributed by atoms with Gasteiger partial charge >= 0.3 is 0 Å². The third kappa shape index (κ3) is 3.18. The Hall–Kier alpha value is -0.0900. The summed E-state index contributed by atoms with van der Waals surface area (Å²) in [6, 6.07) is 6.98. The predicted octanol–water partition coefficient (Wildman–Crippen LogP) is 2.41. The summed E-state index contributed by atoms with van der Waals surface area (Å²) in [5.41, 5.74) is 2.65. The van der Waals surface area contributed by atoms with Crippen molar-refractivity contribution in [2.45, 2.75) is 13.0 Å². The van der Waals surface area contributed by atoms with Crippen molar-refractivity contribution in [1.82, 2.24) is 10.6 Å². The van der Waals surface area contributed by atoms with Crippen LogP contribution < -0.4 is 10.6 Å². The van der Waals surface area contributed by atoms with Gasteiger partial charge in [-0.1, -0.05) is 28.1 Å². The SMILES string of the molecule is Cc1ccc([C@H]2CNCCN2)c(Br)c1.Cl. The molecular formula is C11H16BrClN2. The first-order valence-corrected chi connectivity index (χ1v) is 5.77. The van der Waals surface area contributed by atoms with Crippen LogP contribution in [0.1, 0.15) is 17.2 Å². The van der Waals surface area contributed by atoms with Gasteiger partial charge in [-0.3, -0.25) is 0 Å². The van der Waals surface area contributed by atoms with Gasteiger partial charge in [0.05, 0.1) is 0 Å². The number of aryl methyl sites for hydroxylation is 1. The van der Waals surface area contributed by atoms with Crippen LogP contribution in [0.5, 0.6) is 0 Å². The first-order valence-electron chi connectivity index (χ1n) is 4.97. The van der Waals surface area contributed by atoms with Crippen LogP contribution in [0.2, 0.25) is 0 Å². The molecule has 0 aliphatic carbocycles. The Labute approximate surface area is 105 Å². The Morgan fingerprint density at radius 2 is 2.13 bits per heavy atom. The Morgan fingerprint density at radius 3 is 2.73 bits per heavy atom. The van der Waals surface area contributed by atoms with E-state index in [1.165, 1.54) is 15.6 Å². The van der Waals surface area contributed by atoms with E-state index in [1.54, 1.807) is 0 Å². The molecule has 1 aromatic carbocycles. The number of rotatable bonds is 1. The first kappa shape index (κ1) is 13.0. The summed E-state index contributed by atoms with van der Waals surface area (Å²) in [5.74, 6) is 0. The molecule has 0 unspecified atom stereocenters. The van der Waals surface area contributed by atoms with Crippen molar-refractivity contribution in [3.63, 3.8) is 0 Å². The van der Waals surface area contributed by atoms with E-state index in [2.05, 4.69) is 51.7 Å². The van der Waals surface area contributed by atoms with Crippen molar-refractivity contribution in [2.75, 3.05) is 19.6 Å². The number of hydrogen-bond acceptors (Lipinski definition) is 2. The quantitative estimate of drug-likeness (QED) is 0.830. The van der Waals surface area contributed by atoms with Gasteiger partial charge in [0.15, 0.2) is 0 Å². The van der Waals surface area contributed by atoms with Crippen molar-refractivity contribution in [3.8, 4) is 0 Å². The normalized spacial score (nSPS) is 20.8. The third-order valence-electron chi connectivity index (χ3n) is 2.57.